The summed E-state index contributed by atoms with van der Waals surface area (Å²) in [5.41, 5.74) is -0.101. The van der Waals surface area contributed by atoms with Crippen molar-refractivity contribution in [3.05, 3.63) is 28.8 Å². The molecule has 8 heteroatoms. The first-order valence-electron chi connectivity index (χ1n) is 6.37. The number of rotatable bonds is 2. The van der Waals surface area contributed by atoms with E-state index < -0.39 is 16.1 Å². The number of amides is 1. The molecule has 0 spiro atoms. The van der Waals surface area contributed by atoms with Crippen LogP contribution in [-0.4, -0.2) is 37.8 Å². The number of hydrogen-bond donors (Lipinski definition) is 1. The molecule has 0 bridgehead atoms. The lowest BCUT2D eigenvalue weighted by molar-refractivity contribution is -0.123. The summed E-state index contributed by atoms with van der Waals surface area (Å²) in [7, 11) is -3.97. The van der Waals surface area contributed by atoms with Gasteiger partial charge >= 0.3 is 0 Å². The standard InChI is InChI=1S/C13H14ClN3O3S/c1-9-13(18)16-6-3-7-17(9)21(19,20)12-5-2-4-11(14)10(12)8-15/h2,4-5,9H,3,6-7H2,1H3,(H,16,18). The Bertz CT molecular complexity index is 712. The number of nitrogens with zero attached hydrogens (tertiary/aromatic N) is 2. The van der Waals surface area contributed by atoms with E-state index in [1.54, 1.807) is 0 Å². The number of carbonyl (C=O) groups excluding carboxylic acids is 1. The van der Waals surface area contributed by atoms with Gasteiger partial charge < -0.3 is 5.32 Å². The molecule has 1 amide bonds. The van der Waals surface area contributed by atoms with Gasteiger partial charge in [0.1, 0.15) is 17.0 Å². The number of halogens is 1. The average Bonchev–Trinajstić information content (AvgIpc) is 2.61. The van der Waals surface area contributed by atoms with E-state index in [1.807, 2.05) is 6.07 Å². The highest BCUT2D eigenvalue weighted by atomic mass is 35.5. The summed E-state index contributed by atoms with van der Waals surface area (Å²) in [6.07, 6.45) is 0.512. The second kappa shape index (κ2) is 6.02. The molecule has 112 valence electrons. The van der Waals surface area contributed by atoms with Crippen molar-refractivity contribution < 1.29 is 13.2 Å². The predicted molar refractivity (Wildman–Crippen MR) is 77.1 cm³/mol. The molecular weight excluding hydrogens is 314 g/mol. The van der Waals surface area contributed by atoms with E-state index in [0.717, 1.165) is 4.31 Å². The highest BCUT2D eigenvalue weighted by molar-refractivity contribution is 7.89. The third kappa shape index (κ3) is 2.88. The van der Waals surface area contributed by atoms with Crippen LogP contribution in [0.2, 0.25) is 5.02 Å². The molecule has 1 aliphatic rings. The first kappa shape index (κ1) is 15.8. The summed E-state index contributed by atoms with van der Waals surface area (Å²) in [6, 6.07) is 5.24. The lowest BCUT2D eigenvalue weighted by atomic mass is 10.2. The van der Waals surface area contributed by atoms with Gasteiger partial charge in [0.2, 0.25) is 15.9 Å². The molecule has 1 aromatic carbocycles. The van der Waals surface area contributed by atoms with Crippen molar-refractivity contribution in [1.82, 2.24) is 9.62 Å². The van der Waals surface area contributed by atoms with E-state index in [4.69, 9.17) is 16.9 Å². The largest absolute Gasteiger partial charge is 0.355 e. The van der Waals surface area contributed by atoms with Crippen LogP contribution in [0.25, 0.3) is 0 Å². The summed E-state index contributed by atoms with van der Waals surface area (Å²) < 4.78 is 26.6. The maximum absolute atomic E-state index is 12.8. The summed E-state index contributed by atoms with van der Waals surface area (Å²) in [4.78, 5) is 11.6. The quantitative estimate of drug-likeness (QED) is 0.881. The molecule has 1 N–H and O–H groups in total. The van der Waals surface area contributed by atoms with E-state index in [1.165, 1.54) is 25.1 Å². The Morgan fingerprint density at radius 2 is 2.19 bits per heavy atom. The summed E-state index contributed by atoms with van der Waals surface area (Å²) in [6.45, 7) is 2.16. The maximum atomic E-state index is 12.8. The van der Waals surface area contributed by atoms with Crippen LogP contribution in [0.15, 0.2) is 23.1 Å². The SMILES string of the molecule is CC1C(=O)NCCCN1S(=O)(=O)c1cccc(Cl)c1C#N. The van der Waals surface area contributed by atoms with E-state index in [-0.39, 0.29) is 27.9 Å². The fraction of sp³-hybridized carbons (Fsp3) is 0.385. The molecule has 1 fully saturated rings. The van der Waals surface area contributed by atoms with Gasteiger partial charge in [0.15, 0.2) is 0 Å². The first-order chi connectivity index (χ1) is 9.89. The highest BCUT2D eigenvalue weighted by Crippen LogP contribution is 2.27. The number of carbonyl (C=O) groups is 1. The molecule has 1 heterocycles. The Hall–Kier alpha value is -1.62. The molecule has 1 aromatic rings. The lowest BCUT2D eigenvalue weighted by Crippen LogP contribution is -2.45. The van der Waals surface area contributed by atoms with Crippen LogP contribution >= 0.6 is 11.6 Å². The molecule has 2 rings (SSSR count). The monoisotopic (exact) mass is 327 g/mol. The van der Waals surface area contributed by atoms with Gasteiger partial charge in [0.05, 0.1) is 10.6 Å². The molecule has 1 unspecified atom stereocenters. The van der Waals surface area contributed by atoms with Crippen molar-refractivity contribution in [3.63, 3.8) is 0 Å². The Balaban J connectivity index is 2.54. The smallest absolute Gasteiger partial charge is 0.245 e. The summed E-state index contributed by atoms with van der Waals surface area (Å²) in [5.74, 6) is -0.350. The molecule has 0 radical (unpaired) electrons. The molecule has 0 aliphatic carbocycles. The minimum Gasteiger partial charge on any atom is -0.355 e. The van der Waals surface area contributed by atoms with Crippen LogP contribution in [0.4, 0.5) is 0 Å². The van der Waals surface area contributed by atoms with Gasteiger partial charge in [0.25, 0.3) is 0 Å². The minimum atomic E-state index is -3.97. The molecule has 1 saturated heterocycles. The predicted octanol–water partition coefficient (Wildman–Crippen LogP) is 1.11. The number of nitriles is 1. The maximum Gasteiger partial charge on any atom is 0.245 e. The number of sulfonamides is 1. The zero-order valence-electron chi connectivity index (χ0n) is 11.3. The molecule has 0 saturated carbocycles. The zero-order chi connectivity index (χ0) is 15.6. The normalized spacial score (nSPS) is 20.4. The molecule has 21 heavy (non-hydrogen) atoms. The molecule has 0 aromatic heterocycles. The van der Waals surface area contributed by atoms with Crippen molar-refractivity contribution in [2.24, 2.45) is 0 Å². The Morgan fingerprint density at radius 1 is 1.48 bits per heavy atom. The molecular formula is C13H14ClN3O3S. The summed E-state index contributed by atoms with van der Waals surface area (Å²) in [5, 5.41) is 11.9. The first-order valence-corrected chi connectivity index (χ1v) is 8.19. The van der Waals surface area contributed by atoms with Gasteiger partial charge in [-0.1, -0.05) is 17.7 Å². The van der Waals surface area contributed by atoms with Crippen LogP contribution in [-0.2, 0) is 14.8 Å². The summed E-state index contributed by atoms with van der Waals surface area (Å²) >= 11 is 5.89. The molecule has 1 aliphatic heterocycles. The van der Waals surface area contributed by atoms with Crippen molar-refractivity contribution in [3.8, 4) is 6.07 Å². The van der Waals surface area contributed by atoms with Crippen molar-refractivity contribution in [2.75, 3.05) is 13.1 Å². The molecule has 1 atom stereocenters. The fourth-order valence-electron chi connectivity index (χ4n) is 2.20. The zero-order valence-corrected chi connectivity index (χ0v) is 12.9. The average molecular weight is 328 g/mol. The van der Waals surface area contributed by atoms with Crippen molar-refractivity contribution >= 4 is 27.5 Å². The van der Waals surface area contributed by atoms with E-state index in [0.29, 0.717) is 13.0 Å². The highest BCUT2D eigenvalue weighted by Gasteiger charge is 2.35. The van der Waals surface area contributed by atoms with Crippen LogP contribution in [0.3, 0.4) is 0 Å². The van der Waals surface area contributed by atoms with Gasteiger partial charge in [-0.3, -0.25) is 4.79 Å². The Kier molecular flexibility index (Phi) is 4.52. The fourth-order valence-corrected chi connectivity index (χ4v) is 4.27. The third-order valence-electron chi connectivity index (χ3n) is 3.34. The lowest BCUT2D eigenvalue weighted by Gasteiger charge is -2.25. The molecule has 6 nitrogen and oxygen atoms in total. The van der Waals surface area contributed by atoms with E-state index >= 15 is 0 Å². The van der Waals surface area contributed by atoms with E-state index in [2.05, 4.69) is 5.32 Å². The number of hydrogen-bond acceptors (Lipinski definition) is 4. The minimum absolute atomic E-state index is 0.0745. The van der Waals surface area contributed by atoms with Gasteiger partial charge in [-0.15, -0.1) is 0 Å². The van der Waals surface area contributed by atoms with Gasteiger partial charge in [-0.05, 0) is 25.5 Å². The van der Waals surface area contributed by atoms with Gasteiger partial charge in [-0.25, -0.2) is 8.42 Å². The third-order valence-corrected chi connectivity index (χ3v) is 5.67. The second-order valence-electron chi connectivity index (χ2n) is 4.66. The van der Waals surface area contributed by atoms with Crippen LogP contribution < -0.4 is 5.32 Å². The number of nitrogens with one attached hydrogen (secondary N) is 1. The van der Waals surface area contributed by atoms with Crippen molar-refractivity contribution in [2.45, 2.75) is 24.3 Å². The van der Waals surface area contributed by atoms with Crippen LogP contribution in [0.5, 0.6) is 0 Å². The van der Waals surface area contributed by atoms with Gasteiger partial charge in [0, 0.05) is 13.1 Å². The Labute approximate surface area is 128 Å². The second-order valence-corrected chi connectivity index (χ2v) is 6.93. The van der Waals surface area contributed by atoms with E-state index in [9.17, 15) is 13.2 Å². The topological polar surface area (TPSA) is 90.3 Å². The van der Waals surface area contributed by atoms with Gasteiger partial charge in [-0.2, -0.15) is 9.57 Å². The van der Waals surface area contributed by atoms with Crippen LogP contribution in [0.1, 0.15) is 18.9 Å². The van der Waals surface area contributed by atoms with Crippen molar-refractivity contribution in [1.29, 1.82) is 5.26 Å². The van der Waals surface area contributed by atoms with Crippen LogP contribution in [0, 0.1) is 11.3 Å². The Morgan fingerprint density at radius 3 is 2.86 bits per heavy atom. The number of benzene rings is 1.